The van der Waals surface area contributed by atoms with Crippen LogP contribution in [0.3, 0.4) is 0 Å². The van der Waals surface area contributed by atoms with Crippen molar-refractivity contribution in [1.82, 2.24) is 25.0 Å². The Kier molecular flexibility index (Phi) is 23.5. The molecule has 2 heterocycles. The Balaban J connectivity index is 0.00000226. The van der Waals surface area contributed by atoms with Gasteiger partial charge in [-0.2, -0.15) is 13.2 Å². The van der Waals surface area contributed by atoms with Crippen molar-refractivity contribution in [3.63, 3.8) is 0 Å². The number of benzene rings is 1. The number of aromatic nitrogens is 1. The van der Waals surface area contributed by atoms with Crippen LogP contribution >= 0.6 is 0 Å². The Hall–Kier alpha value is -4.74. The molecule has 1 saturated heterocycles. The highest BCUT2D eigenvalue weighted by Gasteiger charge is 2.43. The van der Waals surface area contributed by atoms with Crippen molar-refractivity contribution >= 4 is 35.8 Å². The first-order valence-electron chi connectivity index (χ1n) is 22.4. The van der Waals surface area contributed by atoms with Gasteiger partial charge in [0, 0.05) is 65.5 Å². The van der Waals surface area contributed by atoms with Crippen LogP contribution < -0.4 is 5.32 Å². The molecule has 0 radical (unpaired) electrons. The molecule has 1 fully saturated rings. The molecular weight excluding hydrogens is 848 g/mol. The summed E-state index contributed by atoms with van der Waals surface area (Å²) in [5.41, 5.74) is 1.84. The summed E-state index contributed by atoms with van der Waals surface area (Å²) in [5.74, 6) is -3.39. The number of halogens is 3. The fraction of sp³-hybridized carbons (Fsp3) is 0.646. The van der Waals surface area contributed by atoms with Gasteiger partial charge in [0.25, 0.3) is 0 Å². The fourth-order valence-corrected chi connectivity index (χ4v) is 8.87. The number of carbonyl (C=O) groups is 6. The molecule has 0 aliphatic carbocycles. The summed E-state index contributed by atoms with van der Waals surface area (Å²) >= 11 is 0. The van der Waals surface area contributed by atoms with E-state index in [9.17, 15) is 42.3 Å². The van der Waals surface area contributed by atoms with Gasteiger partial charge in [0.1, 0.15) is 6.04 Å². The molecule has 2 N–H and O–H groups in total. The number of methoxy groups -OCH3 is 2. The number of alkyl halides is 3. The van der Waals surface area contributed by atoms with E-state index in [0.29, 0.717) is 25.9 Å². The average Bonchev–Trinajstić information content (AvgIpc) is 3.75. The lowest BCUT2D eigenvalue weighted by Crippen LogP contribution is -2.55. The number of hydrogen-bond acceptors (Lipinski definition) is 10. The van der Waals surface area contributed by atoms with E-state index < -0.39 is 66.5 Å². The van der Waals surface area contributed by atoms with Crippen LogP contribution in [0.25, 0.3) is 0 Å². The predicted molar refractivity (Wildman–Crippen MR) is 240 cm³/mol. The average molecular weight is 920 g/mol. The molecule has 1 aliphatic heterocycles. The number of carboxylic acid groups (broad SMARTS) is 1. The summed E-state index contributed by atoms with van der Waals surface area (Å²) in [7, 11) is 6.76. The van der Waals surface area contributed by atoms with Crippen molar-refractivity contribution in [3.8, 4) is 0 Å². The molecule has 1 aromatic carbocycles. The van der Waals surface area contributed by atoms with Crippen molar-refractivity contribution in [2.45, 2.75) is 136 Å². The fourth-order valence-electron chi connectivity index (χ4n) is 8.87. The van der Waals surface area contributed by atoms with E-state index >= 15 is 0 Å². The number of nitrogens with one attached hydrogen (secondary N) is 1. The van der Waals surface area contributed by atoms with Crippen molar-refractivity contribution < 1.29 is 56.5 Å². The minimum Gasteiger partial charge on any atom is -0.480 e. The highest BCUT2D eigenvalue weighted by atomic mass is 19.4. The zero-order chi connectivity index (χ0) is 49.2. The number of carbonyl (C=O) groups excluding carboxylic acids is 5. The molecule has 65 heavy (non-hydrogen) atoms. The molecule has 14 nitrogen and oxygen atoms in total. The van der Waals surface area contributed by atoms with Crippen molar-refractivity contribution in [3.05, 3.63) is 66.0 Å². The number of hydrogen-bond donors (Lipinski definition) is 2. The van der Waals surface area contributed by atoms with Crippen LogP contribution in [0.4, 0.5) is 13.2 Å². The molecule has 0 spiro atoms. The molecule has 2 aromatic rings. The summed E-state index contributed by atoms with van der Waals surface area (Å²) in [6.45, 7) is 14.8. The number of ketones is 1. The Morgan fingerprint density at radius 3 is 2.02 bits per heavy atom. The van der Waals surface area contributed by atoms with Crippen LogP contribution in [0.1, 0.15) is 91.7 Å². The van der Waals surface area contributed by atoms with Gasteiger partial charge in [-0.05, 0) is 60.9 Å². The van der Waals surface area contributed by atoms with Crippen LogP contribution in [0.2, 0.25) is 0 Å². The zero-order valence-electron chi connectivity index (χ0n) is 39.9. The SMILES string of the molecule is CC[C@H](C)[C@@H]([C@@H](CC(=O)N1CCC[C@H]1[C@H](OC)[C@@H](C)C(=O)N[C@@H](Cc1ccccc1)C(=O)O)OC)N(C)C(=O)[C@@H](CC(=O)[C@H](C(C)C)N(C)Cc1ccncc1)C(C)C.O=CC(F)(F)F. The normalized spacial score (nSPS) is 17.8. The number of amides is 3. The third-order valence-corrected chi connectivity index (χ3v) is 12.5. The lowest BCUT2D eigenvalue weighted by molar-refractivity contribution is -0.156. The summed E-state index contributed by atoms with van der Waals surface area (Å²) in [5, 5.41) is 12.6. The third kappa shape index (κ3) is 17.2. The number of Topliss-reactive ketones (excluding diaryl/α,β-unsaturated/α-hetero) is 1. The maximum Gasteiger partial charge on any atom is 0.446 e. The first-order valence-corrected chi connectivity index (χ1v) is 22.4. The Morgan fingerprint density at radius 1 is 0.923 bits per heavy atom. The molecule has 17 heteroatoms. The first-order chi connectivity index (χ1) is 30.5. The van der Waals surface area contributed by atoms with Gasteiger partial charge < -0.3 is 29.7 Å². The summed E-state index contributed by atoms with van der Waals surface area (Å²) in [4.78, 5) is 86.9. The molecule has 1 aliphatic rings. The van der Waals surface area contributed by atoms with Crippen molar-refractivity contribution in [1.29, 1.82) is 0 Å². The van der Waals surface area contributed by atoms with Gasteiger partial charge in [0.2, 0.25) is 24.0 Å². The number of ether oxygens (including phenoxy) is 2. The van der Waals surface area contributed by atoms with Gasteiger partial charge in [-0.25, -0.2) is 4.79 Å². The molecule has 0 unspecified atom stereocenters. The number of aliphatic carboxylic acids is 1. The van der Waals surface area contributed by atoms with E-state index in [2.05, 4.69) is 10.3 Å². The highest BCUT2D eigenvalue weighted by Crippen LogP contribution is 2.31. The summed E-state index contributed by atoms with van der Waals surface area (Å²) < 4.78 is 43.2. The first kappa shape index (κ1) is 56.4. The van der Waals surface area contributed by atoms with E-state index in [4.69, 9.17) is 14.3 Å². The lowest BCUT2D eigenvalue weighted by atomic mass is 9.83. The predicted octanol–water partition coefficient (Wildman–Crippen LogP) is 6.25. The van der Waals surface area contributed by atoms with Crippen LogP contribution in [0.5, 0.6) is 0 Å². The number of rotatable bonds is 24. The molecule has 1 aromatic heterocycles. The quantitative estimate of drug-likeness (QED) is 0.114. The van der Waals surface area contributed by atoms with Crippen molar-refractivity contribution in [2.75, 3.05) is 34.9 Å². The van der Waals surface area contributed by atoms with Gasteiger partial charge in [-0.1, -0.05) is 85.2 Å². The topological polar surface area (TPSA) is 176 Å². The number of aldehydes is 1. The largest absolute Gasteiger partial charge is 0.480 e. The number of likely N-dealkylation sites (N-methyl/N-ethyl adjacent to an activating group) is 2. The number of pyridine rings is 1. The second kappa shape index (κ2) is 27.0. The van der Waals surface area contributed by atoms with Gasteiger partial charge >= 0.3 is 12.1 Å². The Labute approximate surface area is 383 Å². The van der Waals surface area contributed by atoms with Gasteiger partial charge in [0.05, 0.1) is 42.7 Å². The molecule has 3 amide bonds. The van der Waals surface area contributed by atoms with Crippen LogP contribution in [0, 0.1) is 29.6 Å². The molecule has 364 valence electrons. The second-order valence-electron chi connectivity index (χ2n) is 17.8. The number of carboxylic acids is 1. The second-order valence-corrected chi connectivity index (χ2v) is 17.8. The monoisotopic (exact) mass is 920 g/mol. The molecule has 0 bridgehead atoms. The van der Waals surface area contributed by atoms with Gasteiger partial charge in [-0.3, -0.25) is 33.9 Å². The van der Waals surface area contributed by atoms with Gasteiger partial charge in [-0.15, -0.1) is 0 Å². The molecular formula is C48H72F3N5O9. The highest BCUT2D eigenvalue weighted by molar-refractivity contribution is 5.90. The van der Waals surface area contributed by atoms with E-state index in [0.717, 1.165) is 17.5 Å². The van der Waals surface area contributed by atoms with Crippen LogP contribution in [-0.4, -0.2) is 138 Å². The van der Waals surface area contributed by atoms with Crippen molar-refractivity contribution in [2.24, 2.45) is 29.6 Å². The maximum atomic E-state index is 14.5. The Morgan fingerprint density at radius 2 is 1.52 bits per heavy atom. The van der Waals surface area contributed by atoms with Gasteiger partial charge in [0.15, 0.2) is 5.78 Å². The molecule has 9 atom stereocenters. The van der Waals surface area contributed by atoms with Crippen LogP contribution in [-0.2, 0) is 51.2 Å². The number of likely N-dealkylation sites (tertiary alicyclic amines) is 1. The zero-order valence-corrected chi connectivity index (χ0v) is 39.9. The maximum absolute atomic E-state index is 14.5. The Bertz CT molecular complexity index is 1800. The van der Waals surface area contributed by atoms with E-state index in [1.54, 1.807) is 43.3 Å². The minimum atomic E-state index is -4.64. The molecule has 0 saturated carbocycles. The summed E-state index contributed by atoms with van der Waals surface area (Å²) in [6, 6.07) is 10.6. The smallest absolute Gasteiger partial charge is 0.446 e. The standard InChI is InChI=1S/C46H71N5O8.C2HF3O/c1-12-31(6)42(50(9)45(55)35(29(2)3)26-38(52)41(30(4)5)49(8)28-34-20-22-47-23-21-34)39(58-10)27-40(53)51-24-16-19-37(51)43(59-11)32(7)44(54)48-36(46(56)57)25-33-17-14-13-15-18-33;3-2(4,5)1-6/h13-15,17-18,20-23,29-32,35-37,39,41-43H,12,16,19,24-28H2,1-11H3,(H,48,54)(H,56,57);1H/t31-,32+,35-,36-,37-,39+,41-,42-,43+;/m0./s1. The summed E-state index contributed by atoms with van der Waals surface area (Å²) in [6.07, 6.45) is -1.30. The van der Waals surface area contributed by atoms with E-state index in [1.165, 1.54) is 7.11 Å². The lowest BCUT2D eigenvalue weighted by Gasteiger charge is -2.41. The minimum absolute atomic E-state index is 0.00466. The van der Waals surface area contributed by atoms with E-state index in [1.807, 2.05) is 96.0 Å². The van der Waals surface area contributed by atoms with Crippen LogP contribution in [0.15, 0.2) is 54.9 Å². The third-order valence-electron chi connectivity index (χ3n) is 12.5. The van der Waals surface area contributed by atoms with E-state index in [-0.39, 0.29) is 60.7 Å². The number of nitrogens with zero attached hydrogens (tertiary/aromatic N) is 4. The molecule has 3 rings (SSSR count).